The fourth-order valence-electron chi connectivity index (χ4n) is 5.14. The first-order valence-electron chi connectivity index (χ1n) is 13.0. The van der Waals surface area contributed by atoms with Crippen LogP contribution in [0.2, 0.25) is 0 Å². The van der Waals surface area contributed by atoms with Gasteiger partial charge in [0.25, 0.3) is 13.4 Å². The topological polar surface area (TPSA) is 156 Å². The highest BCUT2D eigenvalue weighted by atomic mass is 32.2. The highest BCUT2D eigenvalue weighted by Gasteiger charge is 2.51. The molecule has 0 spiro atoms. The number of phosphoric ester groups is 1. The van der Waals surface area contributed by atoms with E-state index in [1.165, 1.54) is 26.3 Å². The summed E-state index contributed by atoms with van der Waals surface area (Å²) >= 11 is 1.27. The van der Waals surface area contributed by atoms with Gasteiger partial charge in [0.15, 0.2) is 22.5 Å². The predicted molar refractivity (Wildman–Crippen MR) is 148 cm³/mol. The van der Waals surface area contributed by atoms with E-state index in [2.05, 4.69) is 23.8 Å². The van der Waals surface area contributed by atoms with E-state index in [1.54, 1.807) is 6.20 Å². The first-order valence-corrected chi connectivity index (χ1v) is 15.3. The molecule has 5 aromatic rings. The second-order valence-electron chi connectivity index (χ2n) is 10.3. The van der Waals surface area contributed by atoms with Gasteiger partial charge in [0.05, 0.1) is 12.3 Å². The van der Waals surface area contributed by atoms with Crippen LogP contribution in [0, 0.1) is 0 Å². The van der Waals surface area contributed by atoms with Crippen molar-refractivity contribution in [3.63, 3.8) is 0 Å². The van der Waals surface area contributed by atoms with Gasteiger partial charge in [0.2, 0.25) is 5.78 Å². The number of nitrogens with one attached hydrogen (secondary N) is 1. The molecule has 0 bridgehead atoms. The number of H-pyrrole nitrogens is 1. The number of phosphoric acid groups is 1. The lowest BCUT2D eigenvalue weighted by Gasteiger charge is -2.34. The van der Waals surface area contributed by atoms with Crippen molar-refractivity contribution in [2.24, 2.45) is 0 Å². The Hall–Kier alpha value is -3.29. The summed E-state index contributed by atoms with van der Waals surface area (Å²) in [5, 5.41) is 11.6. The molecule has 14 heteroatoms. The zero-order chi connectivity index (χ0) is 28.5. The number of aliphatic hydroxyl groups excluding tert-OH is 1. The summed E-state index contributed by atoms with van der Waals surface area (Å²) in [6.07, 6.45) is -2.92. The van der Waals surface area contributed by atoms with Crippen LogP contribution in [0.3, 0.4) is 0 Å². The number of rotatable bonds is 5. The quantitative estimate of drug-likeness (QED) is 0.289. The lowest BCUT2D eigenvalue weighted by Crippen LogP contribution is -2.41. The molecule has 5 atom stereocenters. The van der Waals surface area contributed by atoms with Crippen LogP contribution >= 0.6 is 19.6 Å². The second-order valence-corrected chi connectivity index (χ2v) is 12.7. The first kappa shape index (κ1) is 26.6. The molecule has 2 N–H and O–H groups in total. The summed E-state index contributed by atoms with van der Waals surface area (Å²) in [6, 6.07) is 17.5. The van der Waals surface area contributed by atoms with E-state index in [1.807, 2.05) is 54.6 Å². The molecule has 0 aliphatic carbocycles. The minimum absolute atomic E-state index is 0.0692. The number of hydrogen-bond donors (Lipinski definition) is 2. The number of aromatic nitrogens is 5. The fraction of sp³-hybridized carbons (Fsp3) is 0.296. The monoisotopic (exact) mass is 594 g/mol. The Labute approximate surface area is 237 Å². The van der Waals surface area contributed by atoms with Gasteiger partial charge in [-0.2, -0.15) is 4.98 Å². The van der Waals surface area contributed by atoms with Crippen LogP contribution in [0.4, 0.5) is 0 Å². The molecule has 0 radical (unpaired) electrons. The third-order valence-corrected chi connectivity index (χ3v) is 9.22. The molecule has 5 heterocycles. The molecule has 212 valence electrons. The highest BCUT2D eigenvalue weighted by molar-refractivity contribution is 7.99. The summed E-state index contributed by atoms with van der Waals surface area (Å²) < 4.78 is 30.8. The van der Waals surface area contributed by atoms with Crippen LogP contribution < -0.4 is 10.5 Å². The molecule has 2 aliphatic heterocycles. The molecule has 2 aromatic carbocycles. The van der Waals surface area contributed by atoms with Crippen molar-refractivity contribution in [2.45, 2.75) is 54.4 Å². The van der Waals surface area contributed by atoms with Crippen molar-refractivity contribution in [1.29, 1.82) is 0 Å². The number of hydrogen-bond acceptors (Lipinski definition) is 10. The molecule has 7 rings (SSSR count). The zero-order valence-corrected chi connectivity index (χ0v) is 23.6. The summed E-state index contributed by atoms with van der Waals surface area (Å²) in [7, 11) is -4.59. The molecule has 2 fully saturated rings. The summed E-state index contributed by atoms with van der Waals surface area (Å²) in [5.74, 6) is 0.630. The van der Waals surface area contributed by atoms with Crippen molar-refractivity contribution >= 4 is 36.5 Å². The average molecular weight is 595 g/mol. The average Bonchev–Trinajstić information content (AvgIpc) is 3.63. The molecule has 0 saturated carbocycles. The van der Waals surface area contributed by atoms with E-state index in [-0.39, 0.29) is 23.5 Å². The van der Waals surface area contributed by atoms with Crippen LogP contribution in [0.25, 0.3) is 28.2 Å². The lowest BCUT2D eigenvalue weighted by molar-refractivity contribution is -0.245. The third kappa shape index (κ3) is 4.63. The number of nitrogens with zero attached hydrogens (tertiary/aromatic N) is 4. The maximum atomic E-state index is 13.7. The highest BCUT2D eigenvalue weighted by Crippen LogP contribution is 2.50. The van der Waals surface area contributed by atoms with Gasteiger partial charge in [-0.25, -0.2) is 9.38 Å². The van der Waals surface area contributed by atoms with Gasteiger partial charge in [-0.15, -0.1) is 0 Å². The van der Waals surface area contributed by atoms with Gasteiger partial charge in [0, 0.05) is 11.1 Å². The number of aromatic amines is 1. The van der Waals surface area contributed by atoms with Gasteiger partial charge in [-0.3, -0.25) is 13.9 Å². The number of imidazole rings is 2. The van der Waals surface area contributed by atoms with Crippen LogP contribution in [0.15, 0.2) is 75.6 Å². The van der Waals surface area contributed by atoms with E-state index in [9.17, 15) is 19.4 Å². The number of fused-ring (bicyclic) bond motifs is 3. The third-order valence-electron chi connectivity index (χ3n) is 7.27. The maximum absolute atomic E-state index is 13.7. The maximum Gasteiger partial charge on any atom is 0.287 e. The Morgan fingerprint density at radius 1 is 1.15 bits per heavy atom. The number of aliphatic hydroxyl groups is 1. The van der Waals surface area contributed by atoms with E-state index < -0.39 is 37.9 Å². The van der Waals surface area contributed by atoms with Crippen LogP contribution in [0.1, 0.15) is 31.6 Å². The number of ether oxygens (including phenoxy) is 1. The SMILES string of the molecule is CC(C)c1ccc(Sc2nc3c(=O)n4cc(-c5ccccc5)[nH]c4nc3n2[C@@H]2OC3COP(=O)([O-])O[C@H]3C2O)cc1. The minimum Gasteiger partial charge on any atom is -0.756 e. The van der Waals surface area contributed by atoms with Gasteiger partial charge >= 0.3 is 0 Å². The first-order chi connectivity index (χ1) is 19.7. The van der Waals surface area contributed by atoms with E-state index in [4.69, 9.17) is 18.8 Å². The molecular weight excluding hydrogens is 569 g/mol. The van der Waals surface area contributed by atoms with E-state index in [0.717, 1.165) is 10.5 Å². The smallest absolute Gasteiger partial charge is 0.287 e. The Morgan fingerprint density at radius 2 is 1.90 bits per heavy atom. The second kappa shape index (κ2) is 9.92. The molecular formula is C27H25N5O7PS-. The standard InChI is InChI=1S/C27H26N5O7PS/c1-14(2)15-8-10-17(11-9-15)41-27-29-20-23(32(27)25-21(33)22-19(38-25)13-37-40(35,36)39-22)30-26-28-18(12-31(26)24(20)34)16-6-4-3-5-7-16/h3-12,14,19,21-22,25,33H,13H2,1-2H3,(H,28,30)(H,35,36)/p-1/t19?,21?,22-,25-/m1/s1. The fourth-order valence-corrected chi connectivity index (χ4v) is 7.00. The van der Waals surface area contributed by atoms with Crippen molar-refractivity contribution in [2.75, 3.05) is 6.61 Å². The molecule has 3 unspecified atom stereocenters. The Balaban J connectivity index is 1.37. The van der Waals surface area contributed by atoms with Gasteiger partial charge in [0.1, 0.15) is 18.3 Å². The minimum atomic E-state index is -4.59. The number of benzene rings is 2. The molecule has 2 saturated heterocycles. The van der Waals surface area contributed by atoms with Crippen LogP contribution in [-0.4, -0.2) is 53.9 Å². The zero-order valence-electron chi connectivity index (χ0n) is 21.9. The molecule has 41 heavy (non-hydrogen) atoms. The van der Waals surface area contributed by atoms with Gasteiger partial charge in [-0.1, -0.05) is 68.1 Å². The normalized spacial score (nSPS) is 26.3. The van der Waals surface area contributed by atoms with Crippen molar-refractivity contribution in [3.8, 4) is 11.3 Å². The molecule has 2 aliphatic rings. The van der Waals surface area contributed by atoms with Crippen molar-refractivity contribution in [1.82, 2.24) is 23.9 Å². The molecule has 3 aromatic heterocycles. The van der Waals surface area contributed by atoms with Gasteiger partial charge < -0.3 is 28.8 Å². The summed E-state index contributed by atoms with van der Waals surface area (Å²) in [4.78, 5) is 39.1. The molecule has 0 amide bonds. The Morgan fingerprint density at radius 3 is 2.63 bits per heavy atom. The molecule has 12 nitrogen and oxygen atoms in total. The Bertz CT molecular complexity index is 1870. The lowest BCUT2D eigenvalue weighted by atomic mass is 10.0. The predicted octanol–water partition coefficient (Wildman–Crippen LogP) is 3.46. The van der Waals surface area contributed by atoms with Crippen molar-refractivity contribution in [3.05, 3.63) is 76.7 Å². The largest absolute Gasteiger partial charge is 0.756 e. The summed E-state index contributed by atoms with van der Waals surface area (Å²) in [5.41, 5.74) is 2.56. The van der Waals surface area contributed by atoms with Crippen molar-refractivity contribution < 1.29 is 28.3 Å². The van der Waals surface area contributed by atoms with E-state index in [0.29, 0.717) is 16.8 Å². The van der Waals surface area contributed by atoms with Crippen LogP contribution in [0.5, 0.6) is 0 Å². The Kier molecular flexibility index (Phi) is 6.43. The van der Waals surface area contributed by atoms with Gasteiger partial charge in [-0.05, 0) is 29.2 Å². The van der Waals surface area contributed by atoms with Crippen LogP contribution in [-0.2, 0) is 18.3 Å². The summed E-state index contributed by atoms with van der Waals surface area (Å²) in [6.45, 7) is 3.91. The van der Waals surface area contributed by atoms with E-state index >= 15 is 0 Å².